The molecule has 0 N–H and O–H groups in total. The summed E-state index contributed by atoms with van der Waals surface area (Å²) in [6.07, 6.45) is -4.09. The van der Waals surface area contributed by atoms with Crippen LogP contribution in [0.5, 0.6) is 0 Å². The molecule has 1 unspecified atom stereocenters. The van der Waals surface area contributed by atoms with Crippen LogP contribution in [0.2, 0.25) is 0 Å². The van der Waals surface area contributed by atoms with Gasteiger partial charge in [0.2, 0.25) is 0 Å². The summed E-state index contributed by atoms with van der Waals surface area (Å²) in [6.45, 7) is 1.99. The second kappa shape index (κ2) is 6.48. The van der Waals surface area contributed by atoms with Crippen LogP contribution in [0.3, 0.4) is 0 Å². The fraction of sp³-hybridized carbons (Fsp3) is 0.167. The van der Waals surface area contributed by atoms with E-state index in [4.69, 9.17) is 0 Å². The summed E-state index contributed by atoms with van der Waals surface area (Å²) in [5.74, 6) is 0.742. The highest BCUT2D eigenvalue weighted by atomic mass is 31.1. The summed E-state index contributed by atoms with van der Waals surface area (Å²) < 4.78 is 51.8. The lowest BCUT2D eigenvalue weighted by molar-refractivity contribution is -0.140. The molecule has 0 saturated carbocycles. The van der Waals surface area contributed by atoms with E-state index in [0.29, 0.717) is 26.0 Å². The maximum absolute atomic E-state index is 13.8. The van der Waals surface area contributed by atoms with Crippen molar-refractivity contribution in [3.63, 3.8) is 0 Å². The van der Waals surface area contributed by atoms with Gasteiger partial charge in [-0.25, -0.2) is 4.39 Å². The fourth-order valence-corrected chi connectivity index (χ4v) is 3.43. The van der Waals surface area contributed by atoms with Gasteiger partial charge in [0.05, 0.1) is 17.0 Å². The summed E-state index contributed by atoms with van der Waals surface area (Å²) in [6, 6.07) is 10.8. The first kappa shape index (κ1) is 16.8. The number of aryl methyl sites for hydroxylation is 1. The van der Waals surface area contributed by atoms with E-state index in [-0.39, 0.29) is 0 Å². The standard InChI is InChI=1S/C18H14F4NP/c1-11-2-4-12(5-3-11)16-9-24-10-17(23-16)13-6-7-14(15(19)8-13)18(20,21)22/h2-9,24H,10H2,1H3. The van der Waals surface area contributed by atoms with Gasteiger partial charge in [-0.05, 0) is 30.4 Å². The van der Waals surface area contributed by atoms with Gasteiger partial charge in [-0.2, -0.15) is 13.2 Å². The van der Waals surface area contributed by atoms with E-state index >= 15 is 0 Å². The third-order valence-electron chi connectivity index (χ3n) is 3.72. The van der Waals surface area contributed by atoms with E-state index in [1.807, 2.05) is 37.0 Å². The smallest absolute Gasteiger partial charge is 0.252 e. The average molecular weight is 351 g/mol. The molecule has 0 fully saturated rings. The summed E-state index contributed by atoms with van der Waals surface area (Å²) in [4.78, 5) is 4.52. The van der Waals surface area contributed by atoms with Crippen molar-refractivity contribution in [3.05, 3.63) is 76.4 Å². The quantitative estimate of drug-likeness (QED) is 0.491. The Hall–Kier alpha value is -2.00. The van der Waals surface area contributed by atoms with Crippen molar-refractivity contribution in [1.29, 1.82) is 0 Å². The minimum absolute atomic E-state index is 0.394. The molecule has 0 amide bonds. The molecule has 1 heterocycles. The van der Waals surface area contributed by atoms with Crippen molar-refractivity contribution in [2.45, 2.75) is 13.1 Å². The maximum Gasteiger partial charge on any atom is 0.419 e. The average Bonchev–Trinajstić information content (AvgIpc) is 2.54. The van der Waals surface area contributed by atoms with Gasteiger partial charge in [0.15, 0.2) is 0 Å². The van der Waals surface area contributed by atoms with E-state index in [1.54, 1.807) is 0 Å². The predicted molar refractivity (Wildman–Crippen MR) is 90.3 cm³/mol. The second-order valence-electron chi connectivity index (χ2n) is 5.53. The maximum atomic E-state index is 13.8. The van der Waals surface area contributed by atoms with Crippen LogP contribution in [0.4, 0.5) is 17.6 Å². The highest BCUT2D eigenvalue weighted by Gasteiger charge is 2.34. The van der Waals surface area contributed by atoms with Gasteiger partial charge in [-0.1, -0.05) is 44.5 Å². The van der Waals surface area contributed by atoms with Gasteiger partial charge in [0.25, 0.3) is 0 Å². The lowest BCUT2D eigenvalue weighted by Gasteiger charge is -2.15. The Morgan fingerprint density at radius 1 is 1.00 bits per heavy atom. The zero-order chi connectivity index (χ0) is 17.3. The molecular weight excluding hydrogens is 337 g/mol. The van der Waals surface area contributed by atoms with Crippen LogP contribution in [-0.4, -0.2) is 11.9 Å². The first-order chi connectivity index (χ1) is 11.3. The van der Waals surface area contributed by atoms with Crippen molar-refractivity contribution in [3.8, 4) is 0 Å². The van der Waals surface area contributed by atoms with E-state index in [1.165, 1.54) is 6.07 Å². The molecule has 2 aromatic rings. The van der Waals surface area contributed by atoms with Crippen molar-refractivity contribution in [1.82, 2.24) is 0 Å². The predicted octanol–water partition coefficient (Wildman–Crippen LogP) is 5.63. The van der Waals surface area contributed by atoms with Gasteiger partial charge in [0.1, 0.15) is 5.82 Å². The number of aliphatic imine (C=N–C) groups is 1. The largest absolute Gasteiger partial charge is 0.419 e. The highest BCUT2D eigenvalue weighted by molar-refractivity contribution is 7.43. The molecule has 0 aromatic heterocycles. The van der Waals surface area contributed by atoms with E-state index < -0.39 is 17.6 Å². The van der Waals surface area contributed by atoms with Crippen LogP contribution in [-0.2, 0) is 6.18 Å². The molecule has 3 rings (SSSR count). The Kier molecular flexibility index (Phi) is 4.55. The zero-order valence-corrected chi connectivity index (χ0v) is 13.8. The first-order valence-electron chi connectivity index (χ1n) is 7.30. The Balaban J connectivity index is 1.93. The molecule has 6 heteroatoms. The van der Waals surface area contributed by atoms with Crippen LogP contribution in [0.25, 0.3) is 5.70 Å². The van der Waals surface area contributed by atoms with Crippen LogP contribution in [0, 0.1) is 12.7 Å². The number of nitrogens with zero attached hydrogens (tertiary/aromatic N) is 1. The molecule has 2 aromatic carbocycles. The molecule has 1 aliphatic heterocycles. The molecule has 0 saturated heterocycles. The minimum atomic E-state index is -4.69. The van der Waals surface area contributed by atoms with Gasteiger partial charge in [-0.15, -0.1) is 0 Å². The Morgan fingerprint density at radius 2 is 1.67 bits per heavy atom. The molecule has 0 bridgehead atoms. The van der Waals surface area contributed by atoms with Gasteiger partial charge in [-0.3, -0.25) is 4.99 Å². The number of rotatable bonds is 2. The van der Waals surface area contributed by atoms with Gasteiger partial charge < -0.3 is 0 Å². The Labute approximate surface area is 138 Å². The Bertz CT molecular complexity index is 820. The van der Waals surface area contributed by atoms with Gasteiger partial charge in [0, 0.05) is 11.7 Å². The van der Waals surface area contributed by atoms with Crippen molar-refractivity contribution >= 4 is 20.0 Å². The number of halogens is 4. The molecule has 1 aliphatic rings. The van der Waals surface area contributed by atoms with Crippen LogP contribution in [0.15, 0.2) is 53.3 Å². The van der Waals surface area contributed by atoms with Crippen LogP contribution in [0.1, 0.15) is 22.3 Å². The number of alkyl halides is 3. The summed E-state index contributed by atoms with van der Waals surface area (Å²) in [5, 5.41) is 0. The Morgan fingerprint density at radius 3 is 2.29 bits per heavy atom. The number of benzene rings is 2. The first-order valence-corrected chi connectivity index (χ1v) is 8.58. The van der Waals surface area contributed by atoms with Gasteiger partial charge >= 0.3 is 6.18 Å². The van der Waals surface area contributed by atoms with Crippen molar-refractivity contribution in [2.75, 3.05) is 6.16 Å². The molecule has 0 spiro atoms. The number of hydrogen-bond acceptors (Lipinski definition) is 1. The molecule has 1 nitrogen and oxygen atoms in total. The SMILES string of the molecule is Cc1ccc(C2=CPCC(c3ccc(C(F)(F)F)c(F)c3)=N2)cc1. The lowest BCUT2D eigenvalue weighted by Crippen LogP contribution is -2.11. The minimum Gasteiger partial charge on any atom is -0.252 e. The zero-order valence-electron chi connectivity index (χ0n) is 12.8. The fourth-order valence-electron chi connectivity index (χ4n) is 2.42. The molecule has 0 aliphatic carbocycles. The van der Waals surface area contributed by atoms with Crippen molar-refractivity contribution in [2.24, 2.45) is 4.99 Å². The van der Waals surface area contributed by atoms with E-state index in [0.717, 1.165) is 29.0 Å². The summed E-state index contributed by atoms with van der Waals surface area (Å²) in [7, 11) is 0.456. The molecular formula is C18H14F4NP. The van der Waals surface area contributed by atoms with Crippen LogP contribution >= 0.6 is 8.58 Å². The van der Waals surface area contributed by atoms with Crippen molar-refractivity contribution < 1.29 is 17.6 Å². The normalized spacial score (nSPS) is 16.0. The topological polar surface area (TPSA) is 12.4 Å². The monoisotopic (exact) mass is 351 g/mol. The lowest BCUT2D eigenvalue weighted by atomic mass is 10.1. The molecule has 0 radical (unpaired) electrons. The summed E-state index contributed by atoms with van der Waals surface area (Å²) in [5.41, 5.74) is 2.60. The van der Waals surface area contributed by atoms with E-state index in [9.17, 15) is 17.6 Å². The molecule has 124 valence electrons. The molecule has 1 atom stereocenters. The van der Waals surface area contributed by atoms with Crippen LogP contribution < -0.4 is 0 Å². The number of hydrogen-bond donors (Lipinski definition) is 0. The third-order valence-corrected chi connectivity index (χ3v) is 4.74. The summed E-state index contributed by atoms with van der Waals surface area (Å²) >= 11 is 0. The van der Waals surface area contributed by atoms with E-state index in [2.05, 4.69) is 4.99 Å². The molecule has 24 heavy (non-hydrogen) atoms. The highest BCUT2D eigenvalue weighted by Crippen LogP contribution is 2.34. The third kappa shape index (κ3) is 3.57. The second-order valence-corrected chi connectivity index (χ2v) is 6.58.